The first-order valence-electron chi connectivity index (χ1n) is 6.86. The van der Waals surface area contributed by atoms with Gasteiger partial charge in [-0.15, -0.1) is 0 Å². The summed E-state index contributed by atoms with van der Waals surface area (Å²) in [7, 11) is 0. The van der Waals surface area contributed by atoms with E-state index in [-0.39, 0.29) is 22.9 Å². The molecule has 1 aromatic heterocycles. The van der Waals surface area contributed by atoms with Crippen molar-refractivity contribution in [2.45, 2.75) is 5.41 Å². The van der Waals surface area contributed by atoms with E-state index in [0.717, 1.165) is 0 Å². The minimum atomic E-state index is -1.78. The van der Waals surface area contributed by atoms with Crippen LogP contribution in [0.1, 0.15) is 11.1 Å². The van der Waals surface area contributed by atoms with Crippen LogP contribution in [0, 0.1) is 11.3 Å². The number of carbonyl (C=O) groups is 1. The van der Waals surface area contributed by atoms with Crippen LogP contribution in [0.3, 0.4) is 0 Å². The molecule has 2 aromatic rings. The first kappa shape index (κ1) is 13.8. The third-order valence-corrected chi connectivity index (χ3v) is 4.15. The van der Waals surface area contributed by atoms with Gasteiger partial charge in [0.25, 0.3) is 5.56 Å². The smallest absolute Gasteiger partial charge is 0.328 e. The fraction of sp³-hybridized carbons (Fsp3) is 0.0667. The third kappa shape index (κ3) is 1.44. The monoisotopic (exact) mass is 323 g/mol. The van der Waals surface area contributed by atoms with Gasteiger partial charge in [0.05, 0.1) is 0 Å². The van der Waals surface area contributed by atoms with E-state index in [0.29, 0.717) is 11.3 Å². The number of para-hydroxylation sites is 1. The van der Waals surface area contributed by atoms with Crippen LogP contribution < -0.4 is 27.0 Å². The average Bonchev–Trinajstić information content (AvgIpc) is 2.80. The number of nitrogens with one attached hydrogen (secondary N) is 3. The summed E-state index contributed by atoms with van der Waals surface area (Å²) >= 11 is 0. The number of aromatic nitrogens is 2. The van der Waals surface area contributed by atoms with Crippen molar-refractivity contribution in [3.8, 4) is 11.9 Å². The van der Waals surface area contributed by atoms with Crippen molar-refractivity contribution in [3.05, 3.63) is 67.7 Å². The molecule has 0 unspecified atom stereocenters. The fourth-order valence-corrected chi connectivity index (χ4v) is 3.25. The first-order valence-corrected chi connectivity index (χ1v) is 6.86. The summed E-state index contributed by atoms with van der Waals surface area (Å²) in [4.78, 5) is 41.2. The molecule has 0 saturated heterocycles. The van der Waals surface area contributed by atoms with E-state index in [1.165, 1.54) is 0 Å². The molecule has 2 aliphatic heterocycles. The zero-order chi connectivity index (χ0) is 17.1. The predicted molar refractivity (Wildman–Crippen MR) is 81.0 cm³/mol. The average molecular weight is 323 g/mol. The lowest BCUT2D eigenvalue weighted by molar-refractivity contribution is -0.118. The number of carbonyl (C=O) groups excluding carboxylic acids is 1. The number of nitrogens with two attached hydrogens (primary N) is 1. The Balaban J connectivity index is 2.24. The van der Waals surface area contributed by atoms with Gasteiger partial charge < -0.3 is 15.8 Å². The fourth-order valence-electron chi connectivity index (χ4n) is 3.25. The molecule has 1 spiro atoms. The number of benzene rings is 1. The lowest BCUT2D eigenvalue weighted by atomic mass is 9.70. The predicted octanol–water partition coefficient (Wildman–Crippen LogP) is -0.612. The molecule has 3 heterocycles. The van der Waals surface area contributed by atoms with E-state index in [4.69, 9.17) is 10.5 Å². The summed E-state index contributed by atoms with van der Waals surface area (Å²) in [5, 5.41) is 12.2. The Labute approximate surface area is 133 Å². The van der Waals surface area contributed by atoms with Crippen molar-refractivity contribution >= 4 is 11.6 Å². The van der Waals surface area contributed by atoms with Gasteiger partial charge in [0, 0.05) is 11.3 Å². The van der Waals surface area contributed by atoms with E-state index in [1.54, 1.807) is 24.3 Å². The van der Waals surface area contributed by atoms with Crippen LogP contribution in [0.25, 0.3) is 0 Å². The van der Waals surface area contributed by atoms with E-state index < -0.39 is 22.6 Å². The number of amides is 1. The van der Waals surface area contributed by atoms with Gasteiger partial charge in [-0.3, -0.25) is 19.6 Å². The van der Waals surface area contributed by atoms with Gasteiger partial charge in [0.1, 0.15) is 17.2 Å². The molecule has 2 aliphatic rings. The molecule has 9 nitrogen and oxygen atoms in total. The largest absolute Gasteiger partial charge is 0.423 e. The van der Waals surface area contributed by atoms with Crippen molar-refractivity contribution in [1.29, 1.82) is 5.26 Å². The number of H-pyrrole nitrogens is 2. The number of hydrogen-bond acceptors (Lipinski definition) is 6. The topological polar surface area (TPSA) is 154 Å². The normalized spacial score (nSPS) is 20.9. The highest BCUT2D eigenvalue weighted by atomic mass is 16.5. The number of aromatic amines is 2. The molecule has 0 bridgehead atoms. The first-order chi connectivity index (χ1) is 11.5. The van der Waals surface area contributed by atoms with E-state index in [2.05, 4.69) is 15.3 Å². The standard InChI is InChI=1S/C15H9N5O4/c16-5-7-10(17)24-12-9(11(21)19-14(23)20-12)15(7)6-3-1-2-4-8(6)18-13(15)22/h1-4H,17H2,(H,18,22)(H2,19,20,21,23)/t15-/m1/s1. The molecule has 0 aliphatic carbocycles. The van der Waals surface area contributed by atoms with Gasteiger partial charge in [-0.25, -0.2) is 4.79 Å². The second-order valence-corrected chi connectivity index (χ2v) is 5.32. The minimum Gasteiger partial charge on any atom is -0.423 e. The SMILES string of the molecule is N#CC1=C(N)Oc2[nH]c(=O)[nH]c(=O)c2[C@]12C(=O)Nc1ccccc12. The van der Waals surface area contributed by atoms with Crippen molar-refractivity contribution in [3.63, 3.8) is 0 Å². The molecule has 5 N–H and O–H groups in total. The lowest BCUT2D eigenvalue weighted by Gasteiger charge is -2.31. The molecule has 24 heavy (non-hydrogen) atoms. The Morgan fingerprint density at radius 1 is 1.17 bits per heavy atom. The minimum absolute atomic E-state index is 0.185. The molecule has 0 fully saturated rings. The second kappa shape index (κ2) is 4.36. The van der Waals surface area contributed by atoms with E-state index in [9.17, 15) is 19.6 Å². The van der Waals surface area contributed by atoms with Crippen molar-refractivity contribution < 1.29 is 9.53 Å². The summed E-state index contributed by atoms with van der Waals surface area (Å²) in [6, 6.07) is 8.48. The van der Waals surface area contributed by atoms with Crippen molar-refractivity contribution in [1.82, 2.24) is 9.97 Å². The number of hydrogen-bond donors (Lipinski definition) is 4. The number of nitriles is 1. The van der Waals surface area contributed by atoms with Crippen molar-refractivity contribution in [2.75, 3.05) is 5.32 Å². The highest BCUT2D eigenvalue weighted by molar-refractivity contribution is 6.12. The third-order valence-electron chi connectivity index (χ3n) is 4.15. The second-order valence-electron chi connectivity index (χ2n) is 5.32. The number of anilines is 1. The number of ether oxygens (including phenoxy) is 1. The van der Waals surface area contributed by atoms with Crippen LogP contribution in [-0.2, 0) is 10.2 Å². The maximum atomic E-state index is 12.9. The van der Waals surface area contributed by atoms with Crippen LogP contribution in [0.15, 0.2) is 45.3 Å². The summed E-state index contributed by atoms with van der Waals surface area (Å²) in [5.41, 5.74) is 2.81. The van der Waals surface area contributed by atoms with Gasteiger partial charge in [0.15, 0.2) is 5.41 Å². The Morgan fingerprint density at radius 2 is 1.92 bits per heavy atom. The van der Waals surface area contributed by atoms with Gasteiger partial charge in [0.2, 0.25) is 17.7 Å². The molecule has 0 saturated carbocycles. The Kier molecular flexibility index (Phi) is 2.51. The summed E-state index contributed by atoms with van der Waals surface area (Å²) in [5.74, 6) is -1.23. The number of rotatable bonds is 0. The van der Waals surface area contributed by atoms with Crippen molar-refractivity contribution in [2.24, 2.45) is 5.73 Å². The van der Waals surface area contributed by atoms with E-state index in [1.807, 2.05) is 6.07 Å². The molecule has 1 aromatic carbocycles. The van der Waals surface area contributed by atoms with Gasteiger partial charge >= 0.3 is 5.69 Å². The maximum absolute atomic E-state index is 12.9. The molecular formula is C15H9N5O4. The van der Waals surface area contributed by atoms with Crippen LogP contribution in [-0.4, -0.2) is 15.9 Å². The zero-order valence-electron chi connectivity index (χ0n) is 12.0. The van der Waals surface area contributed by atoms with Gasteiger partial charge in [-0.05, 0) is 6.07 Å². The Bertz CT molecular complexity index is 1100. The molecule has 1 atom stereocenters. The number of fused-ring (bicyclic) bond motifs is 4. The lowest BCUT2D eigenvalue weighted by Crippen LogP contribution is -2.48. The Morgan fingerprint density at radius 3 is 2.67 bits per heavy atom. The molecule has 4 rings (SSSR count). The van der Waals surface area contributed by atoms with Gasteiger partial charge in [-0.1, -0.05) is 18.2 Å². The molecular weight excluding hydrogens is 314 g/mol. The molecule has 1 amide bonds. The summed E-state index contributed by atoms with van der Waals surface area (Å²) in [6.07, 6.45) is 0. The van der Waals surface area contributed by atoms with Gasteiger partial charge in [-0.2, -0.15) is 5.26 Å². The maximum Gasteiger partial charge on any atom is 0.328 e. The quantitative estimate of drug-likeness (QED) is 0.507. The molecule has 0 radical (unpaired) electrons. The van der Waals surface area contributed by atoms with Crippen LogP contribution in [0.4, 0.5) is 5.69 Å². The summed E-state index contributed by atoms with van der Waals surface area (Å²) < 4.78 is 5.23. The number of nitrogens with zero attached hydrogens (tertiary/aromatic N) is 1. The van der Waals surface area contributed by atoms with Crippen LogP contribution >= 0.6 is 0 Å². The highest BCUT2D eigenvalue weighted by Gasteiger charge is 2.58. The van der Waals surface area contributed by atoms with Crippen LogP contribution in [0.5, 0.6) is 5.88 Å². The van der Waals surface area contributed by atoms with Crippen LogP contribution in [0.2, 0.25) is 0 Å². The highest BCUT2D eigenvalue weighted by Crippen LogP contribution is 2.50. The summed E-state index contributed by atoms with van der Waals surface area (Å²) in [6.45, 7) is 0. The molecule has 9 heteroatoms. The molecule has 118 valence electrons. The zero-order valence-corrected chi connectivity index (χ0v) is 12.0. The van der Waals surface area contributed by atoms with E-state index >= 15 is 0 Å². The Hall–Kier alpha value is -3.80.